The Balaban J connectivity index is 0.00000242. The Labute approximate surface area is 154 Å². The van der Waals surface area contributed by atoms with Gasteiger partial charge in [0.2, 0.25) is 5.91 Å². The van der Waals surface area contributed by atoms with Gasteiger partial charge in [0, 0.05) is 24.2 Å². The van der Waals surface area contributed by atoms with E-state index >= 15 is 0 Å². The Bertz CT molecular complexity index is 505. The van der Waals surface area contributed by atoms with Crippen molar-refractivity contribution >= 4 is 42.3 Å². The van der Waals surface area contributed by atoms with Crippen LogP contribution in [0, 0.1) is 5.82 Å². The minimum atomic E-state index is -0.320. The maximum atomic E-state index is 13.1. The number of hydrogen-bond acceptors (Lipinski definition) is 3. The number of rotatable bonds is 5. The van der Waals surface area contributed by atoms with E-state index in [4.69, 9.17) is 11.6 Å². The van der Waals surface area contributed by atoms with E-state index in [2.05, 4.69) is 15.5 Å². The molecular weight excluding hydrogens is 364 g/mol. The SMILES string of the molecule is CNCC(=O)NC1CCCN(Cc2ccc(F)cc2Cl)C1.Cl.Cl. The van der Waals surface area contributed by atoms with Crippen LogP contribution in [0.2, 0.25) is 5.02 Å². The molecule has 1 aromatic rings. The normalized spacial score (nSPS) is 17.8. The first-order chi connectivity index (χ1) is 10.1. The van der Waals surface area contributed by atoms with Crippen LogP contribution in [0.3, 0.4) is 0 Å². The summed E-state index contributed by atoms with van der Waals surface area (Å²) >= 11 is 6.07. The predicted molar refractivity (Wildman–Crippen MR) is 96.3 cm³/mol. The van der Waals surface area contributed by atoms with Crippen LogP contribution in [0.1, 0.15) is 18.4 Å². The van der Waals surface area contributed by atoms with Gasteiger partial charge in [-0.1, -0.05) is 17.7 Å². The Morgan fingerprint density at radius 2 is 2.17 bits per heavy atom. The van der Waals surface area contributed by atoms with Gasteiger partial charge in [-0.3, -0.25) is 9.69 Å². The number of benzene rings is 1. The van der Waals surface area contributed by atoms with E-state index in [1.165, 1.54) is 12.1 Å². The van der Waals surface area contributed by atoms with Gasteiger partial charge in [0.05, 0.1) is 6.54 Å². The number of halogens is 4. The zero-order chi connectivity index (χ0) is 15.2. The third kappa shape index (κ3) is 7.23. The lowest BCUT2D eigenvalue weighted by Crippen LogP contribution is -2.49. The summed E-state index contributed by atoms with van der Waals surface area (Å²) in [6, 6.07) is 4.66. The molecule has 1 aromatic carbocycles. The van der Waals surface area contributed by atoms with Crippen molar-refractivity contribution in [3.63, 3.8) is 0 Å². The number of carbonyl (C=O) groups excluding carboxylic acids is 1. The van der Waals surface area contributed by atoms with Crippen LogP contribution in [0.5, 0.6) is 0 Å². The third-order valence-corrected chi connectivity index (χ3v) is 3.97. The van der Waals surface area contributed by atoms with Crippen molar-refractivity contribution in [3.05, 3.63) is 34.6 Å². The molecule has 1 aliphatic rings. The molecule has 1 fully saturated rings. The molecule has 0 aromatic heterocycles. The topological polar surface area (TPSA) is 44.4 Å². The molecule has 1 heterocycles. The quantitative estimate of drug-likeness (QED) is 0.817. The third-order valence-electron chi connectivity index (χ3n) is 3.62. The highest BCUT2D eigenvalue weighted by molar-refractivity contribution is 6.31. The Morgan fingerprint density at radius 3 is 2.83 bits per heavy atom. The van der Waals surface area contributed by atoms with Crippen LogP contribution in [0.25, 0.3) is 0 Å². The average Bonchev–Trinajstić information content (AvgIpc) is 2.42. The largest absolute Gasteiger partial charge is 0.351 e. The van der Waals surface area contributed by atoms with Crippen molar-refractivity contribution in [2.45, 2.75) is 25.4 Å². The van der Waals surface area contributed by atoms with E-state index in [-0.39, 0.29) is 42.6 Å². The van der Waals surface area contributed by atoms with Gasteiger partial charge in [-0.25, -0.2) is 4.39 Å². The Hall–Kier alpha value is -0.590. The number of amides is 1. The summed E-state index contributed by atoms with van der Waals surface area (Å²) in [5, 5.41) is 6.32. The lowest BCUT2D eigenvalue weighted by molar-refractivity contribution is -0.121. The van der Waals surface area contributed by atoms with Crippen molar-refractivity contribution in [2.24, 2.45) is 0 Å². The molecule has 0 spiro atoms. The van der Waals surface area contributed by atoms with Gasteiger partial charge in [0.15, 0.2) is 0 Å². The lowest BCUT2D eigenvalue weighted by Gasteiger charge is -2.33. The number of piperidine rings is 1. The van der Waals surface area contributed by atoms with Gasteiger partial charge >= 0.3 is 0 Å². The van der Waals surface area contributed by atoms with Crippen LogP contribution in [-0.4, -0.2) is 43.5 Å². The molecule has 23 heavy (non-hydrogen) atoms. The smallest absolute Gasteiger partial charge is 0.234 e. The van der Waals surface area contributed by atoms with Crippen molar-refractivity contribution < 1.29 is 9.18 Å². The Kier molecular flexibility index (Phi) is 10.8. The number of likely N-dealkylation sites (N-methyl/N-ethyl adjacent to an activating group) is 1. The van der Waals surface area contributed by atoms with Crippen LogP contribution in [-0.2, 0) is 11.3 Å². The molecule has 1 saturated heterocycles. The fraction of sp³-hybridized carbons (Fsp3) is 0.533. The van der Waals surface area contributed by atoms with Crippen molar-refractivity contribution in [1.82, 2.24) is 15.5 Å². The van der Waals surface area contributed by atoms with Crippen LogP contribution in [0.15, 0.2) is 18.2 Å². The molecule has 0 aliphatic carbocycles. The molecular formula is C15H23Cl3FN3O. The van der Waals surface area contributed by atoms with E-state index in [0.717, 1.165) is 31.5 Å². The summed E-state index contributed by atoms with van der Waals surface area (Å²) in [6.45, 7) is 2.77. The summed E-state index contributed by atoms with van der Waals surface area (Å²) in [4.78, 5) is 13.9. The summed E-state index contributed by atoms with van der Waals surface area (Å²) in [6.07, 6.45) is 2.02. The zero-order valence-electron chi connectivity index (χ0n) is 13.0. The van der Waals surface area contributed by atoms with E-state index in [1.54, 1.807) is 13.1 Å². The fourth-order valence-electron chi connectivity index (χ4n) is 2.65. The van der Waals surface area contributed by atoms with Gasteiger partial charge in [-0.2, -0.15) is 0 Å². The maximum Gasteiger partial charge on any atom is 0.234 e. The summed E-state index contributed by atoms with van der Waals surface area (Å²) < 4.78 is 13.1. The molecule has 1 amide bonds. The van der Waals surface area contributed by atoms with Gasteiger partial charge in [-0.05, 0) is 44.1 Å². The minimum absolute atomic E-state index is 0. The molecule has 8 heteroatoms. The molecule has 2 rings (SSSR count). The second kappa shape index (κ2) is 11.0. The highest BCUT2D eigenvalue weighted by Crippen LogP contribution is 2.21. The first-order valence-electron chi connectivity index (χ1n) is 7.18. The molecule has 0 saturated carbocycles. The van der Waals surface area contributed by atoms with E-state index in [1.807, 2.05) is 0 Å². The van der Waals surface area contributed by atoms with E-state index in [9.17, 15) is 9.18 Å². The number of hydrogen-bond donors (Lipinski definition) is 2. The Morgan fingerprint density at radius 1 is 1.43 bits per heavy atom. The van der Waals surface area contributed by atoms with E-state index < -0.39 is 0 Å². The number of carbonyl (C=O) groups is 1. The molecule has 0 bridgehead atoms. The summed E-state index contributed by atoms with van der Waals surface area (Å²) in [7, 11) is 1.75. The second-order valence-corrected chi connectivity index (χ2v) is 5.82. The van der Waals surface area contributed by atoms with Crippen LogP contribution >= 0.6 is 36.4 Å². The van der Waals surface area contributed by atoms with E-state index in [0.29, 0.717) is 18.1 Å². The monoisotopic (exact) mass is 385 g/mol. The summed E-state index contributed by atoms with van der Waals surface area (Å²) in [5.74, 6) is -0.302. The minimum Gasteiger partial charge on any atom is -0.351 e. The molecule has 1 aliphatic heterocycles. The van der Waals surface area contributed by atoms with Crippen molar-refractivity contribution in [1.29, 1.82) is 0 Å². The van der Waals surface area contributed by atoms with Gasteiger partial charge < -0.3 is 10.6 Å². The van der Waals surface area contributed by atoms with Crippen LogP contribution < -0.4 is 10.6 Å². The highest BCUT2D eigenvalue weighted by Gasteiger charge is 2.21. The number of likely N-dealkylation sites (tertiary alicyclic amines) is 1. The predicted octanol–water partition coefficient (Wildman–Crippen LogP) is 2.62. The molecule has 1 atom stereocenters. The second-order valence-electron chi connectivity index (χ2n) is 5.41. The standard InChI is InChI=1S/C15H21ClFN3O.2ClH/c1-18-8-15(21)19-13-3-2-6-20(10-13)9-11-4-5-12(17)7-14(11)16;;/h4-5,7,13,18H,2-3,6,8-10H2,1H3,(H,19,21);2*1H. The number of nitrogens with zero attached hydrogens (tertiary/aromatic N) is 1. The van der Waals surface area contributed by atoms with Crippen molar-refractivity contribution in [3.8, 4) is 0 Å². The zero-order valence-corrected chi connectivity index (χ0v) is 15.4. The molecule has 1 unspecified atom stereocenters. The van der Waals surface area contributed by atoms with Gasteiger partial charge in [-0.15, -0.1) is 24.8 Å². The molecule has 2 N–H and O–H groups in total. The average molecular weight is 387 g/mol. The summed E-state index contributed by atoms with van der Waals surface area (Å²) in [5.41, 5.74) is 0.917. The molecule has 0 radical (unpaired) electrons. The van der Waals surface area contributed by atoms with Crippen LogP contribution in [0.4, 0.5) is 4.39 Å². The lowest BCUT2D eigenvalue weighted by atomic mass is 10.0. The highest BCUT2D eigenvalue weighted by atomic mass is 35.5. The number of nitrogens with one attached hydrogen (secondary N) is 2. The first kappa shape index (κ1) is 22.4. The first-order valence-corrected chi connectivity index (χ1v) is 7.56. The fourth-order valence-corrected chi connectivity index (χ4v) is 2.87. The van der Waals surface area contributed by atoms with Crippen molar-refractivity contribution in [2.75, 3.05) is 26.7 Å². The maximum absolute atomic E-state index is 13.1. The van der Waals surface area contributed by atoms with Gasteiger partial charge in [0.25, 0.3) is 0 Å². The molecule has 132 valence electrons. The van der Waals surface area contributed by atoms with Gasteiger partial charge in [0.1, 0.15) is 5.82 Å². The molecule has 4 nitrogen and oxygen atoms in total.